The number of nitrogens with one attached hydrogen (secondary N) is 1. The Balaban J connectivity index is 2.18. The molecule has 0 aromatic heterocycles. The molecule has 0 bridgehead atoms. The van der Waals surface area contributed by atoms with Crippen LogP contribution in [0.4, 0.5) is 10.1 Å². The smallest absolute Gasteiger partial charge is 0.326 e. The molecule has 0 spiro atoms. The van der Waals surface area contributed by atoms with Crippen LogP contribution < -0.4 is 9.03 Å². The van der Waals surface area contributed by atoms with E-state index in [1.807, 2.05) is 0 Å². The summed E-state index contributed by atoms with van der Waals surface area (Å²) in [6.45, 7) is -0.612. The first-order valence-electron chi connectivity index (χ1n) is 6.18. The highest BCUT2D eigenvalue weighted by Crippen LogP contribution is 2.38. The molecule has 21 heavy (non-hydrogen) atoms. The van der Waals surface area contributed by atoms with E-state index >= 15 is 0 Å². The summed E-state index contributed by atoms with van der Waals surface area (Å²) >= 11 is 0. The number of aryl methyl sites for hydroxylation is 1. The van der Waals surface area contributed by atoms with Crippen LogP contribution in [0.5, 0.6) is 5.75 Å². The molecule has 7 nitrogen and oxygen atoms in total. The summed E-state index contributed by atoms with van der Waals surface area (Å²) in [7, 11) is -4.23. The van der Waals surface area contributed by atoms with Crippen molar-refractivity contribution < 1.29 is 27.5 Å². The maximum absolute atomic E-state index is 14.6. The highest BCUT2D eigenvalue weighted by Gasteiger charge is 2.38. The Morgan fingerprint density at radius 3 is 2.62 bits per heavy atom. The molecular weight excluding hydrogens is 303 g/mol. The molecule has 2 aliphatic rings. The summed E-state index contributed by atoms with van der Waals surface area (Å²) in [5.74, 6) is -2.52. The van der Waals surface area contributed by atoms with E-state index in [9.17, 15) is 27.5 Å². The lowest BCUT2D eigenvalue weighted by Gasteiger charge is -2.22. The Hall–Kier alpha value is -2.16. The van der Waals surface area contributed by atoms with E-state index < -0.39 is 39.9 Å². The van der Waals surface area contributed by atoms with Crippen LogP contribution in [0, 0.1) is 5.82 Å². The number of ketones is 1. The summed E-state index contributed by atoms with van der Waals surface area (Å²) in [5.41, 5.74) is -0.0420. The van der Waals surface area contributed by atoms with E-state index in [1.165, 1.54) is 6.07 Å². The summed E-state index contributed by atoms with van der Waals surface area (Å²) in [5, 5.41) is 9.92. The number of rotatable bonds is 1. The number of anilines is 1. The lowest BCUT2D eigenvalue weighted by atomic mass is 9.89. The van der Waals surface area contributed by atoms with Crippen LogP contribution in [0.1, 0.15) is 17.5 Å². The molecule has 1 aromatic carbocycles. The van der Waals surface area contributed by atoms with Gasteiger partial charge in [-0.25, -0.2) is 13.4 Å². The number of fused-ring (bicyclic) bond motifs is 1. The molecule has 3 rings (SSSR count). The quantitative estimate of drug-likeness (QED) is 0.745. The second kappa shape index (κ2) is 4.42. The third kappa shape index (κ3) is 2.13. The molecule has 1 amide bonds. The normalized spacial score (nSPS) is 20.3. The number of aromatic hydroxyl groups is 1. The minimum absolute atomic E-state index is 0.0774. The van der Waals surface area contributed by atoms with Gasteiger partial charge in [-0.15, -0.1) is 0 Å². The molecule has 2 N–H and O–H groups in total. The average Bonchev–Trinajstić information content (AvgIpc) is 2.64. The molecule has 1 aromatic rings. The number of carbonyl (C=O) groups is 2. The number of phenols is 1. The van der Waals surface area contributed by atoms with E-state index in [2.05, 4.69) is 0 Å². The summed E-state index contributed by atoms with van der Waals surface area (Å²) < 4.78 is 40.2. The molecule has 0 saturated carbocycles. The van der Waals surface area contributed by atoms with Crippen LogP contribution in [0.3, 0.4) is 0 Å². The molecule has 0 radical (unpaired) electrons. The zero-order valence-electron chi connectivity index (χ0n) is 10.7. The first kappa shape index (κ1) is 13.8. The van der Waals surface area contributed by atoms with Crippen molar-refractivity contribution in [2.45, 2.75) is 19.3 Å². The average molecular weight is 314 g/mol. The van der Waals surface area contributed by atoms with Crippen molar-refractivity contribution >= 4 is 27.6 Å². The van der Waals surface area contributed by atoms with E-state index in [0.29, 0.717) is 16.3 Å². The zero-order chi connectivity index (χ0) is 15.4. The van der Waals surface area contributed by atoms with Gasteiger partial charge in [0.2, 0.25) is 0 Å². The Morgan fingerprint density at radius 2 is 2.00 bits per heavy atom. The van der Waals surface area contributed by atoms with Crippen molar-refractivity contribution in [3.05, 3.63) is 23.0 Å². The number of hydrogen-bond donors (Lipinski definition) is 2. The van der Waals surface area contributed by atoms with Gasteiger partial charge in [-0.2, -0.15) is 8.42 Å². The van der Waals surface area contributed by atoms with Gasteiger partial charge >= 0.3 is 10.2 Å². The van der Waals surface area contributed by atoms with Crippen molar-refractivity contribution in [2.24, 2.45) is 0 Å². The molecule has 0 unspecified atom stereocenters. The Kier molecular flexibility index (Phi) is 2.90. The number of nitrogens with zero attached hydrogens (tertiary/aromatic N) is 1. The third-order valence-electron chi connectivity index (χ3n) is 3.53. The predicted octanol–water partition coefficient (Wildman–Crippen LogP) is -0.230. The second-order valence-corrected chi connectivity index (χ2v) is 6.54. The van der Waals surface area contributed by atoms with Gasteiger partial charge in [0.25, 0.3) is 5.91 Å². The fourth-order valence-corrected chi connectivity index (χ4v) is 3.74. The van der Waals surface area contributed by atoms with Crippen LogP contribution in [-0.4, -0.2) is 31.8 Å². The number of benzene rings is 1. The number of Topliss-reactive ketones (excluding diaryl/α,β-unsaturated/α-hetero) is 1. The van der Waals surface area contributed by atoms with Crippen molar-refractivity contribution in [3.8, 4) is 5.75 Å². The molecule has 1 aliphatic carbocycles. The van der Waals surface area contributed by atoms with E-state index in [4.69, 9.17) is 0 Å². The van der Waals surface area contributed by atoms with Crippen molar-refractivity contribution in [1.29, 1.82) is 0 Å². The van der Waals surface area contributed by atoms with Gasteiger partial charge in [0, 0.05) is 18.4 Å². The zero-order valence-corrected chi connectivity index (χ0v) is 11.5. The van der Waals surface area contributed by atoms with Crippen LogP contribution in [0.2, 0.25) is 0 Å². The Labute approximate surface area is 119 Å². The van der Waals surface area contributed by atoms with Gasteiger partial charge in [-0.3, -0.25) is 9.59 Å². The summed E-state index contributed by atoms with van der Waals surface area (Å²) in [6, 6.07) is 1.25. The standard InChI is InChI=1S/C12H11FN2O5S/c13-11-8-4-7(16)2-1-6(8)3-9(17)12(11)15-5-10(18)14-21(15,19)20/h3,17H,1-2,4-5H2,(H,14,18). The lowest BCUT2D eigenvalue weighted by Crippen LogP contribution is -2.31. The van der Waals surface area contributed by atoms with Crippen molar-refractivity contribution in [3.63, 3.8) is 0 Å². The molecule has 1 heterocycles. The number of carbonyl (C=O) groups excluding carboxylic acids is 2. The molecule has 0 atom stereocenters. The molecule has 1 saturated heterocycles. The maximum Gasteiger partial charge on any atom is 0.326 e. The maximum atomic E-state index is 14.6. The van der Waals surface area contributed by atoms with E-state index in [0.717, 1.165) is 0 Å². The highest BCUT2D eigenvalue weighted by molar-refractivity contribution is 7.92. The molecular formula is C12H11FN2O5S. The second-order valence-electron chi connectivity index (χ2n) is 4.95. The van der Waals surface area contributed by atoms with Crippen LogP contribution in [0.15, 0.2) is 6.07 Å². The Bertz CT molecular complexity index is 774. The van der Waals surface area contributed by atoms with Crippen molar-refractivity contribution in [2.75, 3.05) is 10.8 Å². The van der Waals surface area contributed by atoms with Gasteiger partial charge in [0.1, 0.15) is 23.8 Å². The lowest BCUT2D eigenvalue weighted by molar-refractivity contribution is -0.119. The molecule has 1 fully saturated rings. The van der Waals surface area contributed by atoms with Crippen molar-refractivity contribution in [1.82, 2.24) is 4.72 Å². The number of amides is 1. The Morgan fingerprint density at radius 1 is 1.29 bits per heavy atom. The van der Waals surface area contributed by atoms with Gasteiger partial charge in [-0.1, -0.05) is 0 Å². The molecule has 1 aliphatic heterocycles. The van der Waals surface area contributed by atoms with Gasteiger partial charge in [0.05, 0.1) is 0 Å². The fourth-order valence-electron chi connectivity index (χ4n) is 2.57. The monoisotopic (exact) mass is 314 g/mol. The van der Waals surface area contributed by atoms with Crippen LogP contribution in [0.25, 0.3) is 0 Å². The predicted molar refractivity (Wildman–Crippen MR) is 69.5 cm³/mol. The number of hydrogen-bond acceptors (Lipinski definition) is 5. The number of phenolic OH excluding ortho intramolecular Hbond substituents is 1. The number of halogens is 1. The molecule has 112 valence electrons. The van der Waals surface area contributed by atoms with Crippen LogP contribution in [-0.2, 0) is 32.6 Å². The first-order chi connectivity index (χ1) is 9.79. The summed E-state index contributed by atoms with van der Waals surface area (Å²) in [4.78, 5) is 22.7. The first-order valence-corrected chi connectivity index (χ1v) is 7.62. The fraction of sp³-hybridized carbons (Fsp3) is 0.333. The van der Waals surface area contributed by atoms with Crippen LogP contribution >= 0.6 is 0 Å². The van der Waals surface area contributed by atoms with E-state index in [1.54, 1.807) is 4.72 Å². The van der Waals surface area contributed by atoms with Gasteiger partial charge in [0.15, 0.2) is 5.82 Å². The van der Waals surface area contributed by atoms with E-state index in [-0.39, 0.29) is 24.2 Å². The van der Waals surface area contributed by atoms with Gasteiger partial charge in [-0.05, 0) is 18.1 Å². The SMILES string of the molecule is O=C1CCc2cc(O)c(N3CC(=O)NS3(=O)=O)c(F)c2C1. The van der Waals surface area contributed by atoms with Gasteiger partial charge < -0.3 is 5.11 Å². The topological polar surface area (TPSA) is 104 Å². The third-order valence-corrected chi connectivity index (χ3v) is 4.91. The minimum Gasteiger partial charge on any atom is -0.506 e. The largest absolute Gasteiger partial charge is 0.506 e. The highest BCUT2D eigenvalue weighted by atomic mass is 32.2. The minimum atomic E-state index is -4.23. The molecule has 9 heteroatoms. The summed E-state index contributed by atoms with van der Waals surface area (Å²) in [6.07, 6.45) is 0.403.